The molecule has 0 spiro atoms. The fourth-order valence-electron chi connectivity index (χ4n) is 6.29. The number of anilines is 6. The number of phenolic OH excluding ortho intramolecular Hbond substituents is 2. The highest BCUT2D eigenvalue weighted by Crippen LogP contribution is 2.30. The van der Waals surface area contributed by atoms with Gasteiger partial charge in [0.25, 0.3) is 0 Å². The van der Waals surface area contributed by atoms with Crippen LogP contribution in [0.4, 0.5) is 34.1 Å². The number of benzene rings is 8. The molecule has 0 heterocycles. The zero-order chi connectivity index (χ0) is 39.6. The third-order valence-electron chi connectivity index (χ3n) is 9.63. The number of fused-ring (bicyclic) bond motifs is 2. The first-order valence-electron chi connectivity index (χ1n) is 18.4. The van der Waals surface area contributed by atoms with Crippen molar-refractivity contribution in [1.82, 2.24) is 0 Å². The van der Waals surface area contributed by atoms with E-state index in [1.54, 1.807) is 24.3 Å². The molecule has 0 aromatic heterocycles. The van der Waals surface area contributed by atoms with Gasteiger partial charge in [0.15, 0.2) is 0 Å². The first kappa shape index (κ1) is 38.4. The first-order chi connectivity index (χ1) is 27.0. The van der Waals surface area contributed by atoms with Crippen LogP contribution < -0.4 is 33.6 Å². The van der Waals surface area contributed by atoms with Gasteiger partial charge in [-0.2, -0.15) is 0 Å². The van der Waals surface area contributed by atoms with E-state index in [-0.39, 0.29) is 11.5 Å². The van der Waals surface area contributed by atoms with Crippen molar-refractivity contribution >= 4 is 55.7 Å². The minimum atomic E-state index is 0.284. The van der Waals surface area contributed by atoms with Gasteiger partial charge in [-0.15, -0.1) is 0 Å². The van der Waals surface area contributed by atoms with Gasteiger partial charge >= 0.3 is 0 Å². The second-order valence-corrected chi connectivity index (χ2v) is 13.7. The molecule has 0 aliphatic rings. The van der Waals surface area contributed by atoms with Crippen molar-refractivity contribution in [1.29, 1.82) is 0 Å². The standard InChI is InChI=1S/2C17H16N2O.C14H16N2/c2*18-16-9-10-17(15-4-2-1-3-14(15)16)19-11-12-5-7-13(20)8-6-12;1-9-7-11(3-5-13(9)15)12-4-6-14(16)10(2)8-12/h2*1-10,19-20H,11,18H2;3-8H,15-16H2,1-2H3. The van der Waals surface area contributed by atoms with E-state index in [0.717, 1.165) is 77.9 Å². The normalized spacial score (nSPS) is 10.5. The van der Waals surface area contributed by atoms with Crippen LogP contribution in [0.25, 0.3) is 32.7 Å². The molecule has 12 N–H and O–H groups in total. The Kier molecular flexibility index (Phi) is 12.1. The van der Waals surface area contributed by atoms with Crippen LogP contribution >= 0.6 is 0 Å². The zero-order valence-electron chi connectivity index (χ0n) is 31.6. The molecule has 0 saturated heterocycles. The van der Waals surface area contributed by atoms with Crippen molar-refractivity contribution in [3.05, 3.63) is 180 Å². The molecule has 0 radical (unpaired) electrons. The average Bonchev–Trinajstić information content (AvgIpc) is 3.21. The van der Waals surface area contributed by atoms with Crippen LogP contribution in [0.15, 0.2) is 158 Å². The van der Waals surface area contributed by atoms with Crippen LogP contribution in [0.1, 0.15) is 22.3 Å². The van der Waals surface area contributed by atoms with E-state index in [1.807, 2.05) is 123 Å². The fraction of sp³-hybridized carbons (Fsp3) is 0.0833. The highest BCUT2D eigenvalue weighted by molar-refractivity contribution is 6.02. The summed E-state index contributed by atoms with van der Waals surface area (Å²) in [7, 11) is 0. The molecular weight excluding hydrogens is 693 g/mol. The number of hydrogen-bond acceptors (Lipinski definition) is 8. The summed E-state index contributed by atoms with van der Waals surface area (Å²) in [6, 6.07) is 50.5. The van der Waals surface area contributed by atoms with Crippen LogP contribution in [0.5, 0.6) is 11.5 Å². The maximum atomic E-state index is 9.28. The van der Waals surface area contributed by atoms with Gasteiger partial charge in [-0.3, -0.25) is 0 Å². The number of nitrogens with two attached hydrogens (primary N) is 4. The molecule has 8 heteroatoms. The van der Waals surface area contributed by atoms with E-state index >= 15 is 0 Å². The molecule has 0 unspecified atom stereocenters. The molecule has 0 fully saturated rings. The van der Waals surface area contributed by atoms with Crippen LogP contribution in [0.2, 0.25) is 0 Å². The topological polar surface area (TPSA) is 169 Å². The third-order valence-corrected chi connectivity index (χ3v) is 9.63. The third kappa shape index (κ3) is 9.61. The Morgan fingerprint density at radius 2 is 0.732 bits per heavy atom. The van der Waals surface area contributed by atoms with E-state index in [9.17, 15) is 10.2 Å². The SMILES string of the molecule is Cc1cc(-c2ccc(N)c(C)c2)ccc1N.Nc1ccc(NCc2ccc(O)cc2)c2ccccc12.Nc1ccc(NCc2ccc(O)cc2)c2ccccc12. The summed E-state index contributed by atoms with van der Waals surface area (Å²) in [5.41, 5.74) is 35.7. The lowest BCUT2D eigenvalue weighted by Crippen LogP contribution is -2.00. The molecule has 8 aromatic carbocycles. The number of aromatic hydroxyl groups is 2. The largest absolute Gasteiger partial charge is 0.508 e. The second-order valence-electron chi connectivity index (χ2n) is 13.7. The van der Waals surface area contributed by atoms with Gasteiger partial charge in [0.05, 0.1) is 0 Å². The molecule has 56 heavy (non-hydrogen) atoms. The van der Waals surface area contributed by atoms with Crippen molar-refractivity contribution in [3.63, 3.8) is 0 Å². The summed E-state index contributed by atoms with van der Waals surface area (Å²) in [5.74, 6) is 0.568. The number of nitrogen functional groups attached to an aromatic ring is 4. The molecule has 0 atom stereocenters. The minimum absolute atomic E-state index is 0.284. The van der Waals surface area contributed by atoms with Crippen LogP contribution in [0.3, 0.4) is 0 Å². The predicted octanol–water partition coefficient (Wildman–Crippen LogP) is 10.6. The highest BCUT2D eigenvalue weighted by atomic mass is 16.3. The average molecular weight is 741 g/mol. The molecule has 8 nitrogen and oxygen atoms in total. The molecule has 282 valence electrons. The molecular formula is C48H48N6O2. The molecule has 8 aromatic rings. The Balaban J connectivity index is 0.000000144. The molecule has 0 saturated carbocycles. The minimum Gasteiger partial charge on any atom is -0.508 e. The van der Waals surface area contributed by atoms with Crippen molar-refractivity contribution in [2.24, 2.45) is 0 Å². The van der Waals surface area contributed by atoms with E-state index in [0.29, 0.717) is 13.1 Å². The number of nitrogens with one attached hydrogen (secondary N) is 2. The van der Waals surface area contributed by atoms with Crippen LogP contribution in [0, 0.1) is 13.8 Å². The predicted molar refractivity (Wildman–Crippen MR) is 238 cm³/mol. The Labute approximate surface area is 328 Å². The quantitative estimate of drug-likeness (QED) is 0.0747. The number of hydrogen-bond donors (Lipinski definition) is 8. The van der Waals surface area contributed by atoms with Gasteiger partial charge in [0.1, 0.15) is 11.5 Å². The maximum Gasteiger partial charge on any atom is 0.115 e. The highest BCUT2D eigenvalue weighted by Gasteiger charge is 2.06. The molecule has 0 amide bonds. The van der Waals surface area contributed by atoms with Gasteiger partial charge in [-0.05, 0) is 120 Å². The fourth-order valence-corrected chi connectivity index (χ4v) is 6.29. The van der Waals surface area contributed by atoms with E-state index in [2.05, 4.69) is 34.9 Å². The molecule has 0 aliphatic carbocycles. The lowest BCUT2D eigenvalue weighted by Gasteiger charge is -2.11. The van der Waals surface area contributed by atoms with Crippen LogP contribution in [-0.4, -0.2) is 10.2 Å². The summed E-state index contributed by atoms with van der Waals surface area (Å²) in [6.45, 7) is 5.44. The lowest BCUT2D eigenvalue weighted by atomic mass is 10.0. The molecule has 0 bridgehead atoms. The Morgan fingerprint density at radius 3 is 1.09 bits per heavy atom. The summed E-state index contributed by atoms with van der Waals surface area (Å²) in [6.07, 6.45) is 0. The maximum absolute atomic E-state index is 9.28. The second kappa shape index (κ2) is 17.7. The smallest absolute Gasteiger partial charge is 0.115 e. The summed E-state index contributed by atoms with van der Waals surface area (Å²) >= 11 is 0. The first-order valence-corrected chi connectivity index (χ1v) is 18.4. The van der Waals surface area contributed by atoms with Gasteiger partial charge in [0, 0.05) is 68.8 Å². The van der Waals surface area contributed by atoms with Crippen LogP contribution in [-0.2, 0) is 13.1 Å². The van der Waals surface area contributed by atoms with E-state index in [1.165, 1.54) is 11.1 Å². The summed E-state index contributed by atoms with van der Waals surface area (Å²) in [4.78, 5) is 0. The number of aryl methyl sites for hydroxylation is 2. The van der Waals surface area contributed by atoms with Gasteiger partial charge < -0.3 is 43.8 Å². The Morgan fingerprint density at radius 1 is 0.393 bits per heavy atom. The van der Waals surface area contributed by atoms with Gasteiger partial charge in [-0.1, -0.05) is 84.9 Å². The lowest BCUT2D eigenvalue weighted by molar-refractivity contribution is 0.474. The number of phenols is 2. The number of rotatable bonds is 7. The van der Waals surface area contributed by atoms with Gasteiger partial charge in [-0.25, -0.2) is 0 Å². The van der Waals surface area contributed by atoms with Crippen molar-refractivity contribution in [2.45, 2.75) is 26.9 Å². The van der Waals surface area contributed by atoms with Gasteiger partial charge in [0.2, 0.25) is 0 Å². The summed E-state index contributed by atoms with van der Waals surface area (Å²) in [5, 5.41) is 29.7. The van der Waals surface area contributed by atoms with E-state index in [4.69, 9.17) is 22.9 Å². The molecule has 0 aliphatic heterocycles. The van der Waals surface area contributed by atoms with Crippen molar-refractivity contribution in [3.8, 4) is 22.6 Å². The van der Waals surface area contributed by atoms with Crippen molar-refractivity contribution < 1.29 is 10.2 Å². The van der Waals surface area contributed by atoms with E-state index < -0.39 is 0 Å². The molecule has 8 rings (SSSR count). The Bertz CT molecular complexity index is 2390. The zero-order valence-corrected chi connectivity index (χ0v) is 31.6. The van der Waals surface area contributed by atoms with Crippen molar-refractivity contribution in [2.75, 3.05) is 33.6 Å². The summed E-state index contributed by atoms with van der Waals surface area (Å²) < 4.78 is 0. The Hall–Kier alpha value is -7.32. The monoisotopic (exact) mass is 740 g/mol.